The molecule has 0 fully saturated rings. The van der Waals surface area contributed by atoms with Crippen molar-refractivity contribution in [1.29, 1.82) is 0 Å². The van der Waals surface area contributed by atoms with Crippen LogP contribution >= 0.6 is 0 Å². The van der Waals surface area contributed by atoms with E-state index in [0.717, 1.165) is 5.56 Å². The average molecular weight is 460 g/mol. The lowest BCUT2D eigenvalue weighted by atomic mass is 9.86. The van der Waals surface area contributed by atoms with Gasteiger partial charge in [-0.2, -0.15) is 0 Å². The molecule has 0 saturated heterocycles. The number of ether oxygens (including phenoxy) is 1. The van der Waals surface area contributed by atoms with E-state index in [1.807, 2.05) is 6.07 Å². The van der Waals surface area contributed by atoms with E-state index in [1.54, 1.807) is 29.8 Å². The van der Waals surface area contributed by atoms with Crippen LogP contribution in [0.4, 0.5) is 0 Å². The summed E-state index contributed by atoms with van der Waals surface area (Å²) in [6, 6.07) is 6.72. The summed E-state index contributed by atoms with van der Waals surface area (Å²) in [6.07, 6.45) is 3.19. The van der Waals surface area contributed by atoms with Crippen molar-refractivity contribution >= 4 is 16.9 Å². The summed E-state index contributed by atoms with van der Waals surface area (Å²) in [5.41, 5.74) is 0.962. The first kappa shape index (κ1) is 20.4. The number of benzene rings is 1. The zero-order valence-corrected chi connectivity index (χ0v) is 18.2. The number of aromatic amines is 1. The average Bonchev–Trinajstić information content (AvgIpc) is 3.40. The Morgan fingerprint density at radius 1 is 1.24 bits per heavy atom. The van der Waals surface area contributed by atoms with E-state index in [0.29, 0.717) is 27.9 Å². The summed E-state index contributed by atoms with van der Waals surface area (Å²) in [7, 11) is 0. The molecule has 3 N–H and O–H groups in total. The van der Waals surface area contributed by atoms with Gasteiger partial charge in [0.2, 0.25) is 0 Å². The number of carbonyl (C=O) groups excluding carboxylic acids is 1. The number of H-pyrrole nitrogens is 1. The number of carbonyl (C=O) groups is 1. The van der Waals surface area contributed by atoms with E-state index in [4.69, 9.17) is 9.72 Å². The molecule has 2 aliphatic rings. The van der Waals surface area contributed by atoms with Crippen LogP contribution in [-0.2, 0) is 34.8 Å². The molecule has 6 rings (SSSR count). The van der Waals surface area contributed by atoms with Crippen molar-refractivity contribution in [2.45, 2.75) is 38.6 Å². The molecule has 0 spiro atoms. The minimum absolute atomic E-state index is 0.0363. The Kier molecular flexibility index (Phi) is 4.15. The number of phenols is 1. The number of esters is 1. The number of imidazole rings is 1. The minimum atomic E-state index is -1.88. The van der Waals surface area contributed by atoms with Crippen molar-refractivity contribution in [2.75, 3.05) is 0 Å². The first-order chi connectivity index (χ1) is 16.3. The zero-order chi connectivity index (χ0) is 23.8. The normalized spacial score (nSPS) is 18.5. The number of hydrogen-bond donors (Lipinski definition) is 3. The van der Waals surface area contributed by atoms with Gasteiger partial charge in [-0.25, -0.2) is 14.6 Å². The number of aliphatic hydroxyl groups is 1. The van der Waals surface area contributed by atoms with Crippen LogP contribution in [0.2, 0.25) is 0 Å². The number of pyridine rings is 2. The second-order valence-electron chi connectivity index (χ2n) is 8.62. The van der Waals surface area contributed by atoms with Gasteiger partial charge < -0.3 is 24.5 Å². The molecule has 34 heavy (non-hydrogen) atoms. The number of nitrogens with zero attached hydrogens (tertiary/aromatic N) is 3. The van der Waals surface area contributed by atoms with Gasteiger partial charge in [-0.1, -0.05) is 6.92 Å². The number of cyclic esters (lactones) is 1. The Morgan fingerprint density at radius 2 is 2.06 bits per heavy atom. The third-order valence-corrected chi connectivity index (χ3v) is 6.83. The maximum atomic E-state index is 13.3. The minimum Gasteiger partial charge on any atom is -0.508 e. The molecule has 0 amide bonds. The number of phenolic OH excluding ortho intramolecular Hbond substituents is 1. The predicted molar refractivity (Wildman–Crippen MR) is 120 cm³/mol. The lowest BCUT2D eigenvalue weighted by molar-refractivity contribution is -0.172. The molecule has 172 valence electrons. The van der Waals surface area contributed by atoms with Crippen LogP contribution < -0.4 is 11.2 Å². The van der Waals surface area contributed by atoms with Crippen LogP contribution in [0.3, 0.4) is 0 Å². The highest BCUT2D eigenvalue weighted by Gasteiger charge is 2.45. The molecule has 5 heterocycles. The molecule has 10 nitrogen and oxygen atoms in total. The van der Waals surface area contributed by atoms with Crippen molar-refractivity contribution < 1.29 is 19.7 Å². The third kappa shape index (κ3) is 2.65. The molecule has 0 unspecified atom stereocenters. The maximum Gasteiger partial charge on any atom is 0.343 e. The summed E-state index contributed by atoms with van der Waals surface area (Å²) < 4.78 is 8.10. The van der Waals surface area contributed by atoms with Crippen molar-refractivity contribution in [3.05, 3.63) is 79.8 Å². The molecule has 2 aliphatic heterocycles. The summed E-state index contributed by atoms with van der Waals surface area (Å²) in [4.78, 5) is 45.0. The Morgan fingerprint density at radius 3 is 2.79 bits per heavy atom. The number of aromatic nitrogens is 4. The van der Waals surface area contributed by atoms with Gasteiger partial charge in [0.25, 0.3) is 5.56 Å². The second-order valence-corrected chi connectivity index (χ2v) is 8.62. The Balaban J connectivity index is 1.55. The molecule has 0 bridgehead atoms. The molecular formula is C24H20N4O6. The van der Waals surface area contributed by atoms with Crippen LogP contribution in [-0.4, -0.2) is 35.3 Å². The molecule has 0 radical (unpaired) electrons. The Labute approximate surface area is 191 Å². The van der Waals surface area contributed by atoms with E-state index >= 15 is 0 Å². The lowest BCUT2D eigenvalue weighted by Crippen LogP contribution is -2.44. The van der Waals surface area contributed by atoms with Crippen molar-refractivity contribution in [2.24, 2.45) is 0 Å². The highest BCUT2D eigenvalue weighted by Crippen LogP contribution is 2.39. The molecule has 10 heteroatoms. The van der Waals surface area contributed by atoms with Crippen molar-refractivity contribution in [3.63, 3.8) is 0 Å². The molecule has 1 atom stereocenters. The number of aromatic hydroxyl groups is 1. The smallest absolute Gasteiger partial charge is 0.343 e. The highest BCUT2D eigenvalue weighted by molar-refractivity contribution is 5.89. The summed E-state index contributed by atoms with van der Waals surface area (Å²) in [5, 5.41) is 22.2. The number of hydrogen-bond acceptors (Lipinski definition) is 7. The van der Waals surface area contributed by atoms with Gasteiger partial charge in [-0.3, -0.25) is 9.36 Å². The number of nitrogens with one attached hydrogen (secondary N) is 1. The van der Waals surface area contributed by atoms with E-state index < -0.39 is 11.6 Å². The summed E-state index contributed by atoms with van der Waals surface area (Å²) >= 11 is 0. The van der Waals surface area contributed by atoms with E-state index in [2.05, 4.69) is 4.98 Å². The fourth-order valence-electron chi connectivity index (χ4n) is 4.91. The maximum absolute atomic E-state index is 13.3. The number of rotatable bonds is 3. The van der Waals surface area contributed by atoms with Crippen LogP contribution in [0.1, 0.15) is 35.6 Å². The van der Waals surface area contributed by atoms with Crippen LogP contribution in [0.5, 0.6) is 5.75 Å². The van der Waals surface area contributed by atoms with Gasteiger partial charge in [-0.05, 0) is 30.7 Å². The highest BCUT2D eigenvalue weighted by atomic mass is 16.6. The molecule has 3 aromatic heterocycles. The third-order valence-electron chi connectivity index (χ3n) is 6.83. The Hall–Kier alpha value is -4.18. The van der Waals surface area contributed by atoms with E-state index in [9.17, 15) is 24.6 Å². The van der Waals surface area contributed by atoms with Crippen LogP contribution in [0.25, 0.3) is 22.3 Å². The van der Waals surface area contributed by atoms with Crippen molar-refractivity contribution in [3.8, 4) is 17.1 Å². The molecule has 0 aliphatic carbocycles. The molecule has 4 aromatic rings. The fourth-order valence-corrected chi connectivity index (χ4v) is 4.91. The quantitative estimate of drug-likeness (QED) is 0.345. The lowest BCUT2D eigenvalue weighted by Gasteiger charge is -2.31. The fraction of sp³-hybridized carbons (Fsp3) is 0.250. The molecular weight excluding hydrogens is 440 g/mol. The van der Waals surface area contributed by atoms with E-state index in [-0.39, 0.29) is 54.2 Å². The zero-order valence-electron chi connectivity index (χ0n) is 18.2. The topological polar surface area (TPSA) is 139 Å². The van der Waals surface area contributed by atoms with Crippen molar-refractivity contribution in [1.82, 2.24) is 19.1 Å². The monoisotopic (exact) mass is 460 g/mol. The summed E-state index contributed by atoms with van der Waals surface area (Å²) in [6.45, 7) is 1.86. The van der Waals surface area contributed by atoms with Gasteiger partial charge in [0, 0.05) is 34.5 Å². The Bertz CT molecular complexity index is 1650. The standard InChI is InChI=1S/C24H20N4O6/c1-2-24(33)16-8-18-20-12(9-28(18)21(30)15(16)11-34-22(24)31)7-13-14(10-27-6-5-25-23(27)32)19(29)4-3-17(13)26-20/h3-8,29,33H,2,9-11H2,1H3,(H,25,32)/t24-/m0/s1. The first-order valence-corrected chi connectivity index (χ1v) is 10.9. The largest absolute Gasteiger partial charge is 0.508 e. The van der Waals surface area contributed by atoms with Gasteiger partial charge in [0.15, 0.2) is 5.60 Å². The van der Waals surface area contributed by atoms with Crippen LogP contribution in [0.15, 0.2) is 46.2 Å². The summed E-state index contributed by atoms with van der Waals surface area (Å²) in [5.74, 6) is -0.731. The SMILES string of the molecule is CC[C@@]1(O)C(=O)OCc2c1cc1n(c2=O)Cc2cc3c(Cn4cc[nH]c4=O)c(O)ccc3nc2-1. The second kappa shape index (κ2) is 6.91. The predicted octanol–water partition coefficient (Wildman–Crippen LogP) is 1.32. The van der Waals surface area contributed by atoms with Gasteiger partial charge in [-0.15, -0.1) is 0 Å². The van der Waals surface area contributed by atoms with Gasteiger partial charge >= 0.3 is 11.7 Å². The van der Waals surface area contributed by atoms with Crippen LogP contribution in [0, 0.1) is 0 Å². The first-order valence-electron chi connectivity index (χ1n) is 10.9. The van der Waals surface area contributed by atoms with E-state index in [1.165, 1.54) is 16.8 Å². The molecule has 0 saturated carbocycles. The van der Waals surface area contributed by atoms with Gasteiger partial charge in [0.05, 0.1) is 35.6 Å². The van der Waals surface area contributed by atoms with Gasteiger partial charge in [0.1, 0.15) is 12.4 Å². The number of fused-ring (bicyclic) bond motifs is 5. The molecule has 1 aromatic carbocycles.